The number of rotatable bonds is 6. The maximum Gasteiger partial charge on any atom is 0.225 e. The third kappa shape index (κ3) is 5.48. The quantitative estimate of drug-likeness (QED) is 0.582. The molecule has 0 aromatic heterocycles. The molecule has 0 amide bonds. The first kappa shape index (κ1) is 14.2. The van der Waals surface area contributed by atoms with Gasteiger partial charge in [-0.05, 0) is 44.8 Å². The number of nitrogens with one attached hydrogen (secondary N) is 1. The molecule has 1 aliphatic heterocycles. The van der Waals surface area contributed by atoms with E-state index >= 15 is 0 Å². The molecule has 0 unspecified atom stereocenters. The number of hydrogen-bond donors (Lipinski definition) is 1. The molecule has 1 N–H and O–H groups in total. The average Bonchev–Trinajstić information content (AvgIpc) is 2.27. The second-order valence-corrected chi connectivity index (χ2v) is 6.89. The first-order valence-corrected chi connectivity index (χ1v) is 7.98. The lowest BCUT2D eigenvalue weighted by Gasteiger charge is -2.30. The molecule has 1 rings (SSSR count). The Balaban J connectivity index is 2.08. The Morgan fingerprint density at radius 2 is 2.00 bits per heavy atom. The van der Waals surface area contributed by atoms with Gasteiger partial charge in [-0.15, -0.1) is 11.6 Å². The number of alkyl halides is 1. The summed E-state index contributed by atoms with van der Waals surface area (Å²) >= 11 is 5.28. The molecular formula is C10H21ClN2O2S. The highest BCUT2D eigenvalue weighted by Crippen LogP contribution is 2.15. The molecule has 0 spiro atoms. The summed E-state index contributed by atoms with van der Waals surface area (Å²) in [7, 11) is -3.23. The summed E-state index contributed by atoms with van der Waals surface area (Å²) in [6.45, 7) is 6.03. The van der Waals surface area contributed by atoms with Crippen LogP contribution in [0.5, 0.6) is 0 Å². The third-order valence-electron chi connectivity index (χ3n) is 2.99. The van der Waals surface area contributed by atoms with E-state index in [-0.39, 0.29) is 5.21 Å². The largest absolute Gasteiger partial charge is 0.303 e. The third-order valence-corrected chi connectivity index (χ3v) is 4.79. The second-order valence-electron chi connectivity index (χ2n) is 4.50. The molecule has 1 heterocycles. The zero-order valence-electron chi connectivity index (χ0n) is 9.78. The summed E-state index contributed by atoms with van der Waals surface area (Å²) in [6, 6.07) is 0. The van der Waals surface area contributed by atoms with E-state index < -0.39 is 10.0 Å². The monoisotopic (exact) mass is 268 g/mol. The van der Waals surface area contributed by atoms with E-state index in [0.717, 1.165) is 32.0 Å². The first-order valence-electron chi connectivity index (χ1n) is 5.79. The van der Waals surface area contributed by atoms with E-state index in [1.54, 1.807) is 0 Å². The molecule has 0 bridgehead atoms. The van der Waals surface area contributed by atoms with Crippen LogP contribution in [0.3, 0.4) is 0 Å². The SMILES string of the molecule is CC1CCN(CCCNS(=O)(=O)CCl)CC1. The molecule has 1 aliphatic rings. The van der Waals surface area contributed by atoms with Gasteiger partial charge in [0.15, 0.2) is 0 Å². The molecule has 1 fully saturated rings. The number of piperidine rings is 1. The number of likely N-dealkylation sites (tertiary alicyclic amines) is 1. The zero-order chi connectivity index (χ0) is 12.0. The van der Waals surface area contributed by atoms with Crippen LogP contribution in [0.4, 0.5) is 0 Å². The fraction of sp³-hybridized carbons (Fsp3) is 1.00. The van der Waals surface area contributed by atoms with Crippen molar-refractivity contribution in [2.75, 3.05) is 31.4 Å². The van der Waals surface area contributed by atoms with Crippen molar-refractivity contribution in [3.8, 4) is 0 Å². The van der Waals surface area contributed by atoms with Crippen molar-refractivity contribution in [3.05, 3.63) is 0 Å². The molecule has 0 aromatic rings. The minimum atomic E-state index is -3.23. The van der Waals surface area contributed by atoms with Crippen LogP contribution in [0, 0.1) is 5.92 Å². The lowest BCUT2D eigenvalue weighted by molar-refractivity contribution is 0.191. The highest BCUT2D eigenvalue weighted by atomic mass is 35.5. The lowest BCUT2D eigenvalue weighted by atomic mass is 9.99. The van der Waals surface area contributed by atoms with Gasteiger partial charge in [0.1, 0.15) is 5.21 Å². The number of nitrogens with zero attached hydrogens (tertiary/aromatic N) is 1. The van der Waals surface area contributed by atoms with Gasteiger partial charge in [-0.25, -0.2) is 13.1 Å². The van der Waals surface area contributed by atoms with Crippen LogP contribution < -0.4 is 4.72 Å². The molecule has 6 heteroatoms. The fourth-order valence-corrected chi connectivity index (χ4v) is 2.62. The van der Waals surface area contributed by atoms with Crippen LogP contribution in [-0.2, 0) is 10.0 Å². The lowest BCUT2D eigenvalue weighted by Crippen LogP contribution is -2.35. The Bertz CT molecular complexity index is 287. The Kier molecular flexibility index (Phi) is 6.03. The van der Waals surface area contributed by atoms with Crippen molar-refractivity contribution >= 4 is 21.6 Å². The number of hydrogen-bond acceptors (Lipinski definition) is 3. The summed E-state index contributed by atoms with van der Waals surface area (Å²) in [4.78, 5) is 2.40. The summed E-state index contributed by atoms with van der Waals surface area (Å²) < 4.78 is 24.5. The highest BCUT2D eigenvalue weighted by Gasteiger charge is 2.15. The maximum absolute atomic E-state index is 11.0. The molecule has 0 atom stereocenters. The van der Waals surface area contributed by atoms with Crippen LogP contribution in [0.25, 0.3) is 0 Å². The summed E-state index contributed by atoms with van der Waals surface area (Å²) in [6.07, 6.45) is 3.37. The molecular weight excluding hydrogens is 248 g/mol. The number of halogens is 1. The van der Waals surface area contributed by atoms with Crippen LogP contribution in [-0.4, -0.2) is 44.7 Å². The Labute approximate surface area is 103 Å². The minimum Gasteiger partial charge on any atom is -0.303 e. The summed E-state index contributed by atoms with van der Waals surface area (Å²) in [5.74, 6) is 0.839. The van der Waals surface area contributed by atoms with Gasteiger partial charge >= 0.3 is 0 Å². The molecule has 0 saturated carbocycles. The van der Waals surface area contributed by atoms with Crippen LogP contribution in [0.1, 0.15) is 26.2 Å². The van der Waals surface area contributed by atoms with Crippen molar-refractivity contribution in [1.82, 2.24) is 9.62 Å². The molecule has 96 valence electrons. The van der Waals surface area contributed by atoms with Crippen molar-refractivity contribution in [1.29, 1.82) is 0 Å². The minimum absolute atomic E-state index is 0.353. The van der Waals surface area contributed by atoms with E-state index in [4.69, 9.17) is 11.6 Å². The second kappa shape index (κ2) is 6.79. The summed E-state index contributed by atoms with van der Waals surface area (Å²) in [5, 5.41) is -0.353. The normalized spacial score (nSPS) is 20.1. The Hall–Kier alpha value is 0.160. The zero-order valence-corrected chi connectivity index (χ0v) is 11.4. The first-order chi connectivity index (χ1) is 7.53. The standard InChI is InChI=1S/C10H21ClN2O2S/c1-10-3-7-13(8-4-10)6-2-5-12-16(14,15)9-11/h10,12H,2-9H2,1H3. The van der Waals surface area contributed by atoms with Crippen LogP contribution >= 0.6 is 11.6 Å². The highest BCUT2D eigenvalue weighted by molar-refractivity contribution is 7.90. The molecule has 4 nitrogen and oxygen atoms in total. The predicted octanol–water partition coefficient (Wildman–Crippen LogP) is 1.22. The van der Waals surface area contributed by atoms with E-state index in [1.807, 2.05) is 0 Å². The van der Waals surface area contributed by atoms with Gasteiger partial charge in [0.2, 0.25) is 10.0 Å². The van der Waals surface area contributed by atoms with E-state index in [2.05, 4.69) is 16.5 Å². The topological polar surface area (TPSA) is 49.4 Å². The van der Waals surface area contributed by atoms with Gasteiger partial charge in [0, 0.05) is 6.54 Å². The van der Waals surface area contributed by atoms with E-state index in [1.165, 1.54) is 12.8 Å². The molecule has 0 aromatic carbocycles. The fourth-order valence-electron chi connectivity index (χ4n) is 1.85. The smallest absolute Gasteiger partial charge is 0.225 e. The molecule has 1 saturated heterocycles. The average molecular weight is 269 g/mol. The van der Waals surface area contributed by atoms with E-state index in [9.17, 15) is 8.42 Å². The Morgan fingerprint density at radius 1 is 1.38 bits per heavy atom. The van der Waals surface area contributed by atoms with Crippen LogP contribution in [0.15, 0.2) is 0 Å². The number of sulfonamides is 1. The van der Waals surface area contributed by atoms with Gasteiger partial charge in [-0.3, -0.25) is 0 Å². The Morgan fingerprint density at radius 3 is 2.56 bits per heavy atom. The van der Waals surface area contributed by atoms with Crippen molar-refractivity contribution in [3.63, 3.8) is 0 Å². The van der Waals surface area contributed by atoms with E-state index in [0.29, 0.717) is 6.54 Å². The summed E-state index contributed by atoms with van der Waals surface area (Å²) in [5.41, 5.74) is 0. The van der Waals surface area contributed by atoms with Crippen LogP contribution in [0.2, 0.25) is 0 Å². The predicted molar refractivity (Wildman–Crippen MR) is 67.1 cm³/mol. The van der Waals surface area contributed by atoms with Crippen molar-refractivity contribution in [2.24, 2.45) is 5.92 Å². The molecule has 16 heavy (non-hydrogen) atoms. The maximum atomic E-state index is 11.0. The van der Waals surface area contributed by atoms with Gasteiger partial charge in [-0.2, -0.15) is 0 Å². The van der Waals surface area contributed by atoms with Crippen molar-refractivity contribution in [2.45, 2.75) is 26.2 Å². The van der Waals surface area contributed by atoms with Gasteiger partial charge in [0.05, 0.1) is 0 Å². The van der Waals surface area contributed by atoms with Crippen molar-refractivity contribution < 1.29 is 8.42 Å². The van der Waals surface area contributed by atoms with Gasteiger partial charge < -0.3 is 4.90 Å². The molecule has 0 radical (unpaired) electrons. The molecule has 0 aliphatic carbocycles. The van der Waals surface area contributed by atoms with Gasteiger partial charge in [-0.1, -0.05) is 6.92 Å². The van der Waals surface area contributed by atoms with Gasteiger partial charge in [0.25, 0.3) is 0 Å².